The van der Waals surface area contributed by atoms with Crippen LogP contribution in [0.5, 0.6) is 0 Å². The zero-order valence-corrected chi connectivity index (χ0v) is 32.0. The summed E-state index contributed by atoms with van der Waals surface area (Å²) in [5.74, 6) is -71.7. The van der Waals surface area contributed by atoms with Gasteiger partial charge in [-0.2, -0.15) is 4.57 Å². The number of halogens is 20. The average molecular weight is 957 g/mol. The molecule has 0 bridgehead atoms. The lowest BCUT2D eigenvalue weighted by atomic mass is 9.12. The summed E-state index contributed by atoms with van der Waals surface area (Å²) in [4.78, 5) is 12.2. The van der Waals surface area contributed by atoms with Gasteiger partial charge in [-0.15, -0.1) is 21.9 Å². The van der Waals surface area contributed by atoms with Crippen molar-refractivity contribution in [1.82, 2.24) is 0 Å². The number of carbonyl (C=O) groups is 1. The largest absolute Gasteiger partial charge is 0.461 e. The Kier molecular flexibility index (Phi) is 13.2. The highest BCUT2D eigenvalue weighted by Gasteiger charge is 2.52. The molecule has 0 amide bonds. The first kappa shape index (κ1) is 48.3. The smallest absolute Gasteiger partial charge is 0.404 e. The average Bonchev–Trinajstić information content (AvgIpc) is 3.31. The summed E-state index contributed by atoms with van der Waals surface area (Å²) in [6.07, 6.45) is -5.28. The SMILES string of the molecule is COC(=O)c1c2ccccc2cc[n+]1Cc1ccccc1.Fc1c(F)c(F)c([B-](c2c(F)c(F)c(F)c(F)c2F)(c2c(F)c(F)c(F)c(F)c2F)c2c(F)c(F)c(F)c(F)c2F)c(F)c1F. The van der Waals surface area contributed by atoms with E-state index < -0.39 is 144 Å². The van der Waals surface area contributed by atoms with Crippen molar-refractivity contribution in [1.29, 1.82) is 0 Å². The van der Waals surface area contributed by atoms with E-state index in [-0.39, 0.29) is 5.97 Å². The van der Waals surface area contributed by atoms with Crippen molar-refractivity contribution in [2.24, 2.45) is 0 Å². The molecule has 0 unspecified atom stereocenters. The molecule has 344 valence electrons. The number of pyridine rings is 1. The minimum absolute atomic E-state index is 0.317. The van der Waals surface area contributed by atoms with Crippen LogP contribution in [0.3, 0.4) is 0 Å². The number of hydrogen-bond acceptors (Lipinski definition) is 2. The van der Waals surface area contributed by atoms with Gasteiger partial charge in [-0.3, -0.25) is 0 Å². The third-order valence-electron chi connectivity index (χ3n) is 10.2. The van der Waals surface area contributed by atoms with Gasteiger partial charge >= 0.3 is 5.97 Å². The number of hydrogen-bond donors (Lipinski definition) is 0. The van der Waals surface area contributed by atoms with Crippen molar-refractivity contribution in [2.45, 2.75) is 6.54 Å². The van der Waals surface area contributed by atoms with Gasteiger partial charge in [0.25, 0.3) is 5.69 Å². The van der Waals surface area contributed by atoms with E-state index in [4.69, 9.17) is 4.74 Å². The monoisotopic (exact) mass is 957 g/mol. The predicted molar refractivity (Wildman–Crippen MR) is 190 cm³/mol. The van der Waals surface area contributed by atoms with Crippen LogP contribution in [0.25, 0.3) is 10.8 Å². The number of aromatic nitrogens is 1. The number of methoxy groups -OCH3 is 1. The molecule has 6 aromatic carbocycles. The fourth-order valence-corrected chi connectivity index (χ4v) is 7.37. The molecule has 0 radical (unpaired) electrons. The van der Waals surface area contributed by atoms with Crippen molar-refractivity contribution >= 4 is 44.7 Å². The van der Waals surface area contributed by atoms with E-state index in [1.807, 2.05) is 71.4 Å². The third-order valence-corrected chi connectivity index (χ3v) is 10.2. The molecule has 7 aromatic rings. The summed E-state index contributed by atoms with van der Waals surface area (Å²) in [7, 11) is 1.41. The number of carbonyl (C=O) groups excluding carboxylic acids is 1. The molecule has 0 atom stereocenters. The second kappa shape index (κ2) is 18.0. The Bertz CT molecular complexity index is 2750. The van der Waals surface area contributed by atoms with Crippen molar-refractivity contribution in [3.05, 3.63) is 194 Å². The summed E-state index contributed by atoms with van der Waals surface area (Å²) in [5.41, 5.74) is -12.6. The highest BCUT2D eigenvalue weighted by atomic mass is 19.2. The summed E-state index contributed by atoms with van der Waals surface area (Å²) < 4.78 is 301. The fourth-order valence-electron chi connectivity index (χ4n) is 7.37. The van der Waals surface area contributed by atoms with Crippen LogP contribution in [-0.4, -0.2) is 19.2 Å². The topological polar surface area (TPSA) is 30.2 Å². The number of rotatable bonds is 7. The van der Waals surface area contributed by atoms with E-state index in [1.54, 1.807) is 0 Å². The van der Waals surface area contributed by atoms with Crippen LogP contribution >= 0.6 is 0 Å². The van der Waals surface area contributed by atoms with Gasteiger partial charge in [0.05, 0.1) is 12.5 Å². The summed E-state index contributed by atoms with van der Waals surface area (Å²) in [6.45, 7) is 0.635. The molecule has 0 saturated heterocycles. The molecule has 0 N–H and O–H groups in total. The van der Waals surface area contributed by atoms with Crippen LogP contribution in [0.1, 0.15) is 16.1 Å². The van der Waals surface area contributed by atoms with Gasteiger partial charge in [0.15, 0.2) is 82.5 Å². The summed E-state index contributed by atoms with van der Waals surface area (Å²) in [5, 5.41) is 1.94. The fraction of sp³-hybridized carbons (Fsp3) is 0.0476. The number of fused-ring (bicyclic) bond motifs is 1. The number of esters is 1. The Morgan fingerprint density at radius 2 is 0.697 bits per heavy atom. The molecule has 1 aromatic heterocycles. The van der Waals surface area contributed by atoms with E-state index in [9.17, 15) is 57.5 Å². The maximum Gasteiger partial charge on any atom is 0.404 e. The minimum atomic E-state index is -7.22. The van der Waals surface area contributed by atoms with E-state index >= 15 is 35.1 Å². The molecule has 0 aliphatic carbocycles. The Morgan fingerprint density at radius 3 is 1.02 bits per heavy atom. The molecule has 66 heavy (non-hydrogen) atoms. The van der Waals surface area contributed by atoms with Crippen LogP contribution in [-0.2, 0) is 11.3 Å². The van der Waals surface area contributed by atoms with Crippen molar-refractivity contribution < 1.29 is 102 Å². The first-order valence-electron chi connectivity index (χ1n) is 17.8. The van der Waals surface area contributed by atoms with E-state index in [2.05, 4.69) is 0 Å². The van der Waals surface area contributed by atoms with Crippen LogP contribution in [0, 0.1) is 116 Å². The van der Waals surface area contributed by atoms with Crippen LogP contribution in [0.2, 0.25) is 0 Å². The van der Waals surface area contributed by atoms with Crippen molar-refractivity contribution in [2.75, 3.05) is 7.11 Å². The standard InChI is InChI=1S/C24BF20.C18H16NO2/c26-5-1(6(27)14(35)21(42)13(5)34)25(2-7(28)15(36)22(43)16(37)8(2)29,3-9(30)17(38)23(44)18(39)10(3)31)4-11(32)19(40)24(45)20(41)12(4)33;1-21-18(20)17-16-10-6-5-9-15(16)11-12-19(17)13-14-7-3-2-4-8-14/h;2-12H,13H2,1H3/q-1;+1. The lowest BCUT2D eigenvalue weighted by molar-refractivity contribution is -0.689. The zero-order valence-electron chi connectivity index (χ0n) is 32.0. The Morgan fingerprint density at radius 1 is 0.409 bits per heavy atom. The van der Waals surface area contributed by atoms with E-state index in [1.165, 1.54) is 7.11 Å². The molecule has 1 heterocycles. The molecule has 7 rings (SSSR count). The molecule has 0 saturated carbocycles. The first-order valence-corrected chi connectivity index (χ1v) is 17.8. The molecule has 24 heteroatoms. The lowest BCUT2D eigenvalue weighted by Gasteiger charge is -2.44. The normalized spacial score (nSPS) is 11.5. The number of benzene rings is 6. The Hall–Kier alpha value is -7.14. The zero-order chi connectivity index (χ0) is 49.0. The Labute approximate surface area is 354 Å². The van der Waals surface area contributed by atoms with E-state index in [0.717, 1.165) is 16.3 Å². The quantitative estimate of drug-likeness (QED) is 0.0400. The number of nitrogens with zero attached hydrogens (tertiary/aromatic N) is 1. The molecular formula is C42H16BF20NO2. The van der Waals surface area contributed by atoms with Gasteiger partial charge in [0, 0.05) is 11.6 Å². The highest BCUT2D eigenvalue weighted by molar-refractivity contribution is 7.20. The van der Waals surface area contributed by atoms with Gasteiger partial charge < -0.3 is 4.74 Å². The lowest BCUT2D eigenvalue weighted by Crippen LogP contribution is -2.81. The van der Waals surface area contributed by atoms with Gasteiger partial charge in [-0.25, -0.2) is 92.6 Å². The third kappa shape index (κ3) is 7.40. The van der Waals surface area contributed by atoms with Gasteiger partial charge in [0.2, 0.25) is 0 Å². The summed E-state index contributed by atoms with van der Waals surface area (Å²) >= 11 is 0. The maximum atomic E-state index is 15.4. The van der Waals surface area contributed by atoms with Crippen LogP contribution < -0.4 is 26.4 Å². The van der Waals surface area contributed by atoms with Crippen LogP contribution in [0.4, 0.5) is 87.8 Å². The first-order chi connectivity index (χ1) is 31.0. The van der Waals surface area contributed by atoms with Crippen LogP contribution in [0.15, 0.2) is 66.9 Å². The molecule has 0 fully saturated rings. The Balaban J connectivity index is 0.000000284. The second-order valence-electron chi connectivity index (χ2n) is 13.7. The van der Waals surface area contributed by atoms with Crippen molar-refractivity contribution in [3.63, 3.8) is 0 Å². The molecule has 0 spiro atoms. The second-order valence-corrected chi connectivity index (χ2v) is 13.7. The molecule has 0 aliphatic rings. The number of ether oxygens (including phenoxy) is 1. The minimum Gasteiger partial charge on any atom is -0.461 e. The highest BCUT2D eigenvalue weighted by Crippen LogP contribution is 2.31. The van der Waals surface area contributed by atoms with Crippen molar-refractivity contribution in [3.8, 4) is 0 Å². The van der Waals surface area contributed by atoms with Gasteiger partial charge in [-0.1, -0.05) is 48.5 Å². The molecular weight excluding hydrogens is 941 g/mol. The van der Waals surface area contributed by atoms with Gasteiger partial charge in [0.1, 0.15) is 52.7 Å². The molecule has 3 nitrogen and oxygen atoms in total. The predicted octanol–water partition coefficient (Wildman–Crippen LogP) is 8.81. The summed E-state index contributed by atoms with van der Waals surface area (Å²) in [6, 6.07) is 19.9. The van der Waals surface area contributed by atoms with Gasteiger partial charge in [-0.05, 0) is 11.5 Å². The maximum absolute atomic E-state index is 15.4. The molecule has 0 aliphatic heterocycles. The van der Waals surface area contributed by atoms with E-state index in [0.29, 0.717) is 12.2 Å².